The molecule has 0 aliphatic carbocycles. The van der Waals surface area contributed by atoms with Crippen molar-refractivity contribution >= 4 is 43.6 Å². The van der Waals surface area contributed by atoms with E-state index in [0.29, 0.717) is 5.82 Å². The molecule has 3 aromatic heterocycles. The molecule has 318 valence electrons. The molecule has 0 amide bonds. The summed E-state index contributed by atoms with van der Waals surface area (Å²) in [5.41, 5.74) is 18.8. The Labute approximate surface area is 394 Å². The second kappa shape index (κ2) is 16.4. The first kappa shape index (κ1) is 39.3. The van der Waals surface area contributed by atoms with Crippen molar-refractivity contribution in [2.45, 2.75) is 0 Å². The fraction of sp³-hybridized carbons (Fsp3) is 0. The van der Waals surface area contributed by atoms with Gasteiger partial charge in [0.15, 0.2) is 5.82 Å². The van der Waals surface area contributed by atoms with E-state index in [1.807, 2.05) is 12.1 Å². The zero-order valence-electron chi connectivity index (χ0n) is 37.0. The first-order valence-electron chi connectivity index (χ1n) is 23.1. The number of benzene rings is 10. The number of para-hydroxylation sites is 2. The van der Waals surface area contributed by atoms with Gasteiger partial charge in [0.25, 0.3) is 0 Å². The predicted octanol–water partition coefficient (Wildman–Crippen LogP) is 16.7. The summed E-state index contributed by atoms with van der Waals surface area (Å²) >= 11 is 0. The predicted molar refractivity (Wildman–Crippen MR) is 283 cm³/mol. The monoisotopic (exact) mass is 866 g/mol. The van der Waals surface area contributed by atoms with E-state index in [0.717, 1.165) is 50.5 Å². The summed E-state index contributed by atoms with van der Waals surface area (Å²) in [7, 11) is 0. The zero-order valence-corrected chi connectivity index (χ0v) is 37.0. The summed E-state index contributed by atoms with van der Waals surface area (Å²) in [6.07, 6.45) is 0. The third kappa shape index (κ3) is 6.86. The van der Waals surface area contributed by atoms with E-state index in [9.17, 15) is 0 Å². The van der Waals surface area contributed by atoms with Gasteiger partial charge in [0, 0.05) is 49.6 Å². The highest BCUT2D eigenvalue weighted by Crippen LogP contribution is 2.40. The molecule has 0 fully saturated rings. The molecular weight excluding hydrogens is 825 g/mol. The normalized spacial score (nSPS) is 11.5. The van der Waals surface area contributed by atoms with Gasteiger partial charge in [-0.25, -0.2) is 9.97 Å². The van der Waals surface area contributed by atoms with Crippen LogP contribution in [0.3, 0.4) is 0 Å². The van der Waals surface area contributed by atoms with Crippen molar-refractivity contribution in [1.29, 1.82) is 0 Å². The van der Waals surface area contributed by atoms with Gasteiger partial charge in [-0.15, -0.1) is 0 Å². The van der Waals surface area contributed by atoms with E-state index in [1.165, 1.54) is 66.0 Å². The molecule has 13 rings (SSSR count). The van der Waals surface area contributed by atoms with Crippen LogP contribution in [0.25, 0.3) is 122 Å². The average Bonchev–Trinajstić information content (AvgIpc) is 3.94. The number of hydrogen-bond donors (Lipinski definition) is 0. The lowest BCUT2D eigenvalue weighted by Crippen LogP contribution is -1.98. The van der Waals surface area contributed by atoms with Gasteiger partial charge in [0.2, 0.25) is 0 Å². The van der Waals surface area contributed by atoms with Crippen molar-refractivity contribution in [3.8, 4) is 78.7 Å². The van der Waals surface area contributed by atoms with Crippen molar-refractivity contribution < 1.29 is 0 Å². The molecule has 4 nitrogen and oxygen atoms in total. The Hall–Kier alpha value is -9.12. The maximum Gasteiger partial charge on any atom is 0.160 e. The molecule has 0 saturated carbocycles. The van der Waals surface area contributed by atoms with E-state index in [1.54, 1.807) is 0 Å². The van der Waals surface area contributed by atoms with Gasteiger partial charge in [0.05, 0.1) is 33.5 Å². The highest BCUT2D eigenvalue weighted by molar-refractivity contribution is 6.13. The standard InChI is InChI=1S/C64H42N4/c1-5-18-43(19-6-1)50-36-51(44-20-7-2-8-21-44)39-53(38-50)68-61-31-16-14-29-55(61)57-41-48(33-35-63(57)68)47-32-34-62-56(40-47)54-28-13-15-30-60(54)67(62)52-27-17-26-49(37-52)64-65-58(45-22-9-3-10-23-45)42-59(66-64)46-24-11-4-12-25-46/h1-42H. The van der Waals surface area contributed by atoms with Crippen molar-refractivity contribution in [2.24, 2.45) is 0 Å². The first-order chi connectivity index (χ1) is 33.7. The van der Waals surface area contributed by atoms with E-state index in [-0.39, 0.29) is 0 Å². The molecule has 0 spiro atoms. The summed E-state index contributed by atoms with van der Waals surface area (Å²) in [4.78, 5) is 10.3. The Morgan fingerprint density at radius 1 is 0.221 bits per heavy atom. The highest BCUT2D eigenvalue weighted by atomic mass is 15.0. The zero-order chi connectivity index (χ0) is 45.0. The van der Waals surface area contributed by atoms with Gasteiger partial charge in [-0.2, -0.15) is 0 Å². The Balaban J connectivity index is 0.930. The van der Waals surface area contributed by atoms with Crippen molar-refractivity contribution in [3.63, 3.8) is 0 Å². The van der Waals surface area contributed by atoms with Crippen LogP contribution in [0.2, 0.25) is 0 Å². The lowest BCUT2D eigenvalue weighted by Gasteiger charge is -2.14. The second-order valence-corrected chi connectivity index (χ2v) is 17.4. The van der Waals surface area contributed by atoms with Gasteiger partial charge < -0.3 is 9.13 Å². The lowest BCUT2D eigenvalue weighted by molar-refractivity contribution is 1.16. The molecular formula is C64H42N4. The topological polar surface area (TPSA) is 35.6 Å². The molecule has 3 heterocycles. The van der Waals surface area contributed by atoms with Crippen molar-refractivity contribution in [2.75, 3.05) is 0 Å². The molecule has 13 aromatic rings. The number of hydrogen-bond acceptors (Lipinski definition) is 2. The molecule has 0 aliphatic rings. The molecule has 4 heteroatoms. The van der Waals surface area contributed by atoms with Gasteiger partial charge >= 0.3 is 0 Å². The van der Waals surface area contributed by atoms with Crippen LogP contribution in [0, 0.1) is 0 Å². The van der Waals surface area contributed by atoms with Crippen molar-refractivity contribution in [1.82, 2.24) is 19.1 Å². The first-order valence-corrected chi connectivity index (χ1v) is 23.1. The maximum atomic E-state index is 5.16. The van der Waals surface area contributed by atoms with E-state index < -0.39 is 0 Å². The summed E-state index contributed by atoms with van der Waals surface area (Å²) in [5.74, 6) is 0.687. The van der Waals surface area contributed by atoms with Crippen LogP contribution < -0.4 is 0 Å². The summed E-state index contributed by atoms with van der Waals surface area (Å²) < 4.78 is 4.81. The van der Waals surface area contributed by atoms with Crippen LogP contribution >= 0.6 is 0 Å². The summed E-state index contributed by atoms with van der Waals surface area (Å²) in [5, 5.41) is 4.85. The quantitative estimate of drug-likeness (QED) is 0.153. The molecule has 0 unspecified atom stereocenters. The summed E-state index contributed by atoms with van der Waals surface area (Å²) in [6, 6.07) is 91.2. The Bertz CT molecular complexity index is 3890. The number of nitrogens with zero attached hydrogens (tertiary/aromatic N) is 4. The van der Waals surface area contributed by atoms with Gasteiger partial charge in [0.1, 0.15) is 0 Å². The van der Waals surface area contributed by atoms with Crippen LogP contribution in [-0.2, 0) is 0 Å². The third-order valence-corrected chi connectivity index (χ3v) is 13.3. The molecule has 68 heavy (non-hydrogen) atoms. The van der Waals surface area contributed by atoms with Gasteiger partial charge in [-0.3, -0.25) is 0 Å². The SMILES string of the molecule is c1ccc(-c2cc(-c3ccccc3)cc(-n3c4ccccc4c4cc(-c5ccc6c(c5)c5ccccc5n6-c5cccc(-c6nc(-c7ccccc7)cc(-c7ccccc7)n6)c5)ccc43)c2)cc1. The largest absolute Gasteiger partial charge is 0.309 e. The average molecular weight is 867 g/mol. The maximum absolute atomic E-state index is 5.16. The van der Waals surface area contributed by atoms with Gasteiger partial charge in [-0.05, 0) is 106 Å². The van der Waals surface area contributed by atoms with Crippen molar-refractivity contribution in [3.05, 3.63) is 255 Å². The van der Waals surface area contributed by atoms with E-state index >= 15 is 0 Å². The molecule has 10 aromatic carbocycles. The fourth-order valence-electron chi connectivity index (χ4n) is 10.1. The number of aromatic nitrogens is 4. The lowest BCUT2D eigenvalue weighted by atomic mass is 9.98. The Morgan fingerprint density at radius 3 is 1.12 bits per heavy atom. The minimum absolute atomic E-state index is 0.687. The fourth-order valence-corrected chi connectivity index (χ4v) is 10.1. The third-order valence-electron chi connectivity index (χ3n) is 13.3. The van der Waals surface area contributed by atoms with E-state index in [2.05, 4.69) is 252 Å². The molecule has 0 saturated heterocycles. The smallest absolute Gasteiger partial charge is 0.160 e. The number of rotatable bonds is 8. The molecule has 0 radical (unpaired) electrons. The van der Waals surface area contributed by atoms with E-state index in [4.69, 9.17) is 9.97 Å². The molecule has 0 N–H and O–H groups in total. The highest BCUT2D eigenvalue weighted by Gasteiger charge is 2.19. The Kier molecular flexibility index (Phi) is 9.47. The molecule has 0 atom stereocenters. The van der Waals surface area contributed by atoms with Crippen LogP contribution in [-0.4, -0.2) is 19.1 Å². The second-order valence-electron chi connectivity index (χ2n) is 17.4. The summed E-state index contributed by atoms with van der Waals surface area (Å²) in [6.45, 7) is 0. The van der Waals surface area contributed by atoms with Crippen LogP contribution in [0.5, 0.6) is 0 Å². The molecule has 0 aliphatic heterocycles. The van der Waals surface area contributed by atoms with Crippen LogP contribution in [0.15, 0.2) is 255 Å². The number of fused-ring (bicyclic) bond motifs is 6. The Morgan fingerprint density at radius 2 is 0.618 bits per heavy atom. The minimum atomic E-state index is 0.687. The van der Waals surface area contributed by atoms with Gasteiger partial charge in [-0.1, -0.05) is 182 Å². The van der Waals surface area contributed by atoms with Crippen LogP contribution in [0.4, 0.5) is 0 Å². The van der Waals surface area contributed by atoms with Crippen LogP contribution in [0.1, 0.15) is 0 Å². The molecule has 0 bridgehead atoms. The minimum Gasteiger partial charge on any atom is -0.309 e.